The number of nitrogens with zero attached hydrogens (tertiary/aromatic N) is 3. The van der Waals surface area contributed by atoms with Gasteiger partial charge in [0.15, 0.2) is 0 Å². The number of nitrogen functional groups attached to an aromatic ring is 1. The molecule has 0 radical (unpaired) electrons. The highest BCUT2D eigenvalue weighted by molar-refractivity contribution is 6.21. The Kier molecular flexibility index (Phi) is 10.3. The molecule has 2 aromatic carbocycles. The molecule has 2 unspecified atom stereocenters. The van der Waals surface area contributed by atoms with E-state index in [0.717, 1.165) is 48.1 Å². The van der Waals surface area contributed by atoms with Crippen molar-refractivity contribution in [1.82, 2.24) is 15.5 Å². The fourth-order valence-corrected chi connectivity index (χ4v) is 4.01. The molecular weight excluding hydrogens is 472 g/mol. The molecule has 7 nitrogen and oxygen atoms in total. The highest BCUT2D eigenvalue weighted by Crippen LogP contribution is 2.32. The van der Waals surface area contributed by atoms with Gasteiger partial charge in [-0.25, -0.2) is 0 Å². The van der Waals surface area contributed by atoms with E-state index in [1.807, 2.05) is 67.7 Å². The molecule has 0 fully saturated rings. The summed E-state index contributed by atoms with van der Waals surface area (Å²) in [4.78, 5) is 9.09. The molecule has 36 heavy (non-hydrogen) atoms. The van der Waals surface area contributed by atoms with Crippen molar-refractivity contribution in [2.24, 2.45) is 4.99 Å². The van der Waals surface area contributed by atoms with E-state index in [0.29, 0.717) is 12.1 Å². The van der Waals surface area contributed by atoms with Crippen LogP contribution in [0.2, 0.25) is 0 Å². The molecule has 8 heteroatoms. The summed E-state index contributed by atoms with van der Waals surface area (Å²) in [6.07, 6.45) is 6.90. The highest BCUT2D eigenvalue weighted by atomic mass is 35.5. The second-order valence-corrected chi connectivity index (χ2v) is 9.33. The number of nitrogens with one attached hydrogen (secondary N) is 2. The number of nitrogens with two attached hydrogens (primary N) is 1. The van der Waals surface area contributed by atoms with Gasteiger partial charge in [-0.05, 0) is 57.8 Å². The predicted molar refractivity (Wildman–Crippen MR) is 152 cm³/mol. The van der Waals surface area contributed by atoms with Crippen LogP contribution in [0.25, 0.3) is 0 Å². The number of likely N-dealkylation sites (N-methyl/N-ethyl adjacent to an activating group) is 1. The summed E-state index contributed by atoms with van der Waals surface area (Å²) >= 11 is 6.40. The lowest BCUT2D eigenvalue weighted by Crippen LogP contribution is -2.49. The zero-order valence-corrected chi connectivity index (χ0v) is 22.3. The van der Waals surface area contributed by atoms with E-state index < -0.39 is 0 Å². The Morgan fingerprint density at radius 2 is 1.97 bits per heavy atom. The Morgan fingerprint density at radius 1 is 1.19 bits per heavy atom. The number of aliphatic imine (C=N–C) groups is 1. The van der Waals surface area contributed by atoms with Gasteiger partial charge in [0.1, 0.15) is 17.0 Å². The Bertz CT molecular complexity index is 1110. The molecule has 0 saturated heterocycles. The van der Waals surface area contributed by atoms with Crippen LogP contribution in [0.5, 0.6) is 11.5 Å². The van der Waals surface area contributed by atoms with Gasteiger partial charge in [0, 0.05) is 38.0 Å². The average Bonchev–Trinajstić information content (AvgIpc) is 2.86. The molecule has 0 aromatic heterocycles. The minimum atomic E-state index is -0.346. The molecule has 0 spiro atoms. The molecule has 3 rings (SSSR count). The van der Waals surface area contributed by atoms with Crippen LogP contribution in [0.1, 0.15) is 26.7 Å². The Hall–Kier alpha value is -3.38. The van der Waals surface area contributed by atoms with E-state index in [2.05, 4.69) is 52.2 Å². The fourth-order valence-electron chi connectivity index (χ4n) is 3.77. The topological polar surface area (TPSA) is 78.2 Å². The molecular formula is C28H37ClN6O. The summed E-state index contributed by atoms with van der Waals surface area (Å²) in [5.74, 6) is 1.51. The van der Waals surface area contributed by atoms with Crippen LogP contribution in [0.15, 0.2) is 83.4 Å². The van der Waals surface area contributed by atoms with Crippen molar-refractivity contribution >= 4 is 28.7 Å². The number of hydrogen-bond donors (Lipinski definition) is 3. The number of rotatable bonds is 10. The summed E-state index contributed by atoms with van der Waals surface area (Å²) in [6, 6.07) is 15.5. The molecule has 192 valence electrons. The van der Waals surface area contributed by atoms with Gasteiger partial charge in [-0.2, -0.15) is 0 Å². The third kappa shape index (κ3) is 8.09. The van der Waals surface area contributed by atoms with Gasteiger partial charge in [0.25, 0.3) is 0 Å². The average molecular weight is 509 g/mol. The van der Waals surface area contributed by atoms with Crippen molar-refractivity contribution < 1.29 is 4.74 Å². The van der Waals surface area contributed by atoms with Gasteiger partial charge in [0.05, 0.1) is 28.9 Å². The minimum absolute atomic E-state index is 0.0614. The maximum atomic E-state index is 6.52. The summed E-state index contributed by atoms with van der Waals surface area (Å²) < 4.78 is 6.12. The van der Waals surface area contributed by atoms with Crippen molar-refractivity contribution in [2.45, 2.75) is 38.4 Å². The van der Waals surface area contributed by atoms with Crippen LogP contribution < -0.4 is 26.0 Å². The van der Waals surface area contributed by atoms with Crippen LogP contribution >= 0.6 is 11.6 Å². The number of anilines is 2. The van der Waals surface area contributed by atoms with E-state index >= 15 is 0 Å². The largest absolute Gasteiger partial charge is 0.457 e. The lowest BCUT2D eigenvalue weighted by atomic mass is 10.1. The van der Waals surface area contributed by atoms with Gasteiger partial charge in [-0.15, -0.1) is 5.73 Å². The third-order valence-corrected chi connectivity index (χ3v) is 5.99. The minimum Gasteiger partial charge on any atom is -0.457 e. The van der Waals surface area contributed by atoms with Gasteiger partial charge in [0.2, 0.25) is 0 Å². The van der Waals surface area contributed by atoms with Crippen molar-refractivity contribution in [3.8, 4) is 11.5 Å². The molecule has 0 aliphatic carbocycles. The lowest BCUT2D eigenvalue weighted by molar-refractivity contribution is 0.395. The number of alkyl halides is 1. The number of allylic oxidation sites excluding steroid dienone is 1. The molecule has 1 aliphatic rings. The van der Waals surface area contributed by atoms with Crippen molar-refractivity contribution in [3.05, 3.63) is 78.4 Å². The molecule has 1 heterocycles. The molecule has 2 atom stereocenters. The Balaban J connectivity index is 1.94. The first-order valence-electron chi connectivity index (χ1n) is 12.2. The summed E-state index contributed by atoms with van der Waals surface area (Å²) in [6.45, 7) is 5.72. The first kappa shape index (κ1) is 27.2. The van der Waals surface area contributed by atoms with Crippen LogP contribution in [0, 0.1) is 0 Å². The molecule has 1 aliphatic heterocycles. The van der Waals surface area contributed by atoms with E-state index in [4.69, 9.17) is 22.1 Å². The van der Waals surface area contributed by atoms with Crippen LogP contribution in [0.3, 0.4) is 0 Å². The van der Waals surface area contributed by atoms with E-state index in [-0.39, 0.29) is 11.7 Å². The number of hydrogen-bond acceptors (Lipinski definition) is 7. The monoisotopic (exact) mass is 508 g/mol. The summed E-state index contributed by atoms with van der Waals surface area (Å²) in [5, 5.41) is 6.84. The van der Waals surface area contributed by atoms with Crippen molar-refractivity contribution in [2.75, 3.05) is 37.8 Å². The van der Waals surface area contributed by atoms with Crippen LogP contribution in [0.4, 0.5) is 11.4 Å². The second kappa shape index (κ2) is 13.6. The molecule has 0 saturated carbocycles. The van der Waals surface area contributed by atoms with Crippen molar-refractivity contribution in [1.29, 1.82) is 0 Å². The van der Waals surface area contributed by atoms with Crippen LogP contribution in [-0.4, -0.2) is 49.5 Å². The van der Waals surface area contributed by atoms with Crippen molar-refractivity contribution in [3.63, 3.8) is 0 Å². The number of para-hydroxylation sites is 1. The fraction of sp³-hybridized carbons (Fsp3) is 0.357. The SMILES string of the molecule is CCC(NC1=C/NC=C=CCC(Cl)\N=C\1C)N(CCN(C)C)c1cc(Oc2ccccc2)ccc1N. The van der Waals surface area contributed by atoms with Gasteiger partial charge in [-0.3, -0.25) is 4.99 Å². The quantitative estimate of drug-likeness (QED) is 0.133. The number of halogens is 1. The third-order valence-electron chi connectivity index (χ3n) is 5.71. The standard InChI is InChI=1S/C28H37ClN6O/c1-5-28(33-25-20-31-16-10-9-13-27(29)32-21(25)2)35(18-17-34(3)4)26-19-23(14-15-24(26)30)36-22-11-7-6-8-12-22/h6-9,11-12,14-16,19-20,27-28,31,33H,5,13,17-18,30H2,1-4H3/b25-20+,32-21+. The van der Waals surface area contributed by atoms with Gasteiger partial charge < -0.3 is 30.9 Å². The normalized spacial score (nSPS) is 19.4. The molecule has 0 amide bonds. The zero-order valence-electron chi connectivity index (χ0n) is 21.5. The highest BCUT2D eigenvalue weighted by Gasteiger charge is 2.22. The first-order valence-corrected chi connectivity index (χ1v) is 12.7. The second-order valence-electron chi connectivity index (χ2n) is 8.83. The maximum absolute atomic E-state index is 6.52. The van der Waals surface area contributed by atoms with Gasteiger partial charge in [-0.1, -0.05) is 36.7 Å². The zero-order chi connectivity index (χ0) is 25.9. The molecule has 4 N–H and O–H groups in total. The van der Waals surface area contributed by atoms with Crippen LogP contribution in [-0.2, 0) is 0 Å². The van der Waals surface area contributed by atoms with Gasteiger partial charge >= 0.3 is 0 Å². The Labute approximate surface area is 220 Å². The predicted octanol–water partition coefficient (Wildman–Crippen LogP) is 5.28. The van der Waals surface area contributed by atoms with E-state index in [9.17, 15) is 0 Å². The lowest BCUT2D eigenvalue weighted by Gasteiger charge is -2.36. The molecule has 2 aromatic rings. The molecule has 0 bridgehead atoms. The summed E-state index contributed by atoms with van der Waals surface area (Å²) in [5.41, 5.74) is 12.5. The number of benzene rings is 2. The smallest absolute Gasteiger partial charge is 0.129 e. The first-order chi connectivity index (χ1) is 17.4. The number of ether oxygens (including phenoxy) is 1. The van der Waals surface area contributed by atoms with E-state index in [1.165, 1.54) is 0 Å². The maximum Gasteiger partial charge on any atom is 0.129 e. The summed E-state index contributed by atoms with van der Waals surface area (Å²) in [7, 11) is 4.13. The van der Waals surface area contributed by atoms with E-state index in [1.54, 1.807) is 6.20 Å². The Morgan fingerprint density at radius 3 is 2.69 bits per heavy atom.